The first-order valence-electron chi connectivity index (χ1n) is 6.30. The van der Waals surface area contributed by atoms with Crippen molar-refractivity contribution in [3.8, 4) is 0 Å². The molecule has 0 N–H and O–H groups in total. The van der Waals surface area contributed by atoms with E-state index in [1.807, 2.05) is 20.8 Å². The maximum Gasteiger partial charge on any atom is 0.271 e. The Kier molecular flexibility index (Phi) is 3.15. The van der Waals surface area contributed by atoms with E-state index in [4.69, 9.17) is 4.18 Å². The third kappa shape index (κ3) is 2.43. The third-order valence-electron chi connectivity index (χ3n) is 4.01. The first-order chi connectivity index (χ1) is 7.72. The molecule has 1 fully saturated rings. The van der Waals surface area contributed by atoms with Gasteiger partial charge in [-0.05, 0) is 31.6 Å². The summed E-state index contributed by atoms with van der Waals surface area (Å²) in [5.41, 5.74) is 1.10. The predicted molar refractivity (Wildman–Crippen MR) is 68.1 cm³/mol. The van der Waals surface area contributed by atoms with Gasteiger partial charge in [-0.2, -0.15) is 8.42 Å². The SMILES string of the molecule is CC1=CCC[C@@H]2[C@@H]1C[C@@H](C(C)(C)C)OS2(=O)=O. The van der Waals surface area contributed by atoms with Gasteiger partial charge >= 0.3 is 0 Å². The van der Waals surface area contributed by atoms with Gasteiger partial charge in [0.25, 0.3) is 10.1 Å². The summed E-state index contributed by atoms with van der Waals surface area (Å²) in [4.78, 5) is 0. The molecule has 0 amide bonds. The molecule has 3 nitrogen and oxygen atoms in total. The molecule has 0 aromatic heterocycles. The van der Waals surface area contributed by atoms with E-state index in [9.17, 15) is 8.42 Å². The van der Waals surface area contributed by atoms with Crippen LogP contribution in [0.2, 0.25) is 0 Å². The molecule has 0 radical (unpaired) electrons. The summed E-state index contributed by atoms with van der Waals surface area (Å²) < 4.78 is 29.7. The lowest BCUT2D eigenvalue weighted by atomic mass is 9.78. The van der Waals surface area contributed by atoms with Crippen molar-refractivity contribution in [2.24, 2.45) is 11.3 Å². The Morgan fingerprint density at radius 2 is 2.00 bits per heavy atom. The summed E-state index contributed by atoms with van der Waals surface area (Å²) in [5.74, 6) is 0.159. The maximum atomic E-state index is 12.2. The fourth-order valence-electron chi connectivity index (χ4n) is 2.81. The van der Waals surface area contributed by atoms with Gasteiger partial charge in [0.15, 0.2) is 0 Å². The zero-order valence-corrected chi connectivity index (χ0v) is 11.9. The average molecular weight is 258 g/mol. The Morgan fingerprint density at radius 1 is 1.35 bits per heavy atom. The molecule has 0 saturated carbocycles. The highest BCUT2D eigenvalue weighted by atomic mass is 32.2. The Hall–Kier alpha value is -0.350. The minimum atomic E-state index is -3.39. The molecule has 98 valence electrons. The van der Waals surface area contributed by atoms with E-state index in [1.54, 1.807) is 0 Å². The van der Waals surface area contributed by atoms with Crippen LogP contribution in [0.5, 0.6) is 0 Å². The van der Waals surface area contributed by atoms with Gasteiger partial charge in [-0.3, -0.25) is 4.18 Å². The number of hydrogen-bond donors (Lipinski definition) is 0. The quantitative estimate of drug-likeness (QED) is 0.495. The molecule has 0 aromatic carbocycles. The van der Waals surface area contributed by atoms with Gasteiger partial charge in [-0.1, -0.05) is 32.4 Å². The zero-order valence-electron chi connectivity index (χ0n) is 11.1. The van der Waals surface area contributed by atoms with E-state index in [0.29, 0.717) is 6.42 Å². The molecule has 2 aliphatic rings. The molecule has 1 saturated heterocycles. The van der Waals surface area contributed by atoms with Crippen LogP contribution in [0, 0.1) is 11.3 Å². The molecule has 0 bridgehead atoms. The van der Waals surface area contributed by atoms with Crippen LogP contribution in [-0.2, 0) is 14.3 Å². The predicted octanol–water partition coefficient (Wildman–Crippen LogP) is 2.88. The van der Waals surface area contributed by atoms with Gasteiger partial charge in [0.1, 0.15) is 0 Å². The molecule has 1 aliphatic carbocycles. The average Bonchev–Trinajstić information content (AvgIpc) is 2.17. The molecule has 0 aromatic rings. The van der Waals surface area contributed by atoms with E-state index in [0.717, 1.165) is 12.8 Å². The van der Waals surface area contributed by atoms with Gasteiger partial charge in [0.05, 0.1) is 11.4 Å². The Morgan fingerprint density at radius 3 is 2.59 bits per heavy atom. The van der Waals surface area contributed by atoms with Crippen LogP contribution in [0.1, 0.15) is 47.0 Å². The fraction of sp³-hybridized carbons (Fsp3) is 0.846. The molecule has 1 heterocycles. The Balaban J connectivity index is 2.34. The normalized spacial score (nSPS) is 37.2. The van der Waals surface area contributed by atoms with E-state index < -0.39 is 10.1 Å². The van der Waals surface area contributed by atoms with Crippen molar-refractivity contribution < 1.29 is 12.6 Å². The van der Waals surface area contributed by atoms with E-state index >= 15 is 0 Å². The second-order valence-electron chi connectivity index (χ2n) is 6.35. The summed E-state index contributed by atoms with van der Waals surface area (Å²) >= 11 is 0. The first kappa shape index (κ1) is 13.1. The molecular weight excluding hydrogens is 236 g/mol. The van der Waals surface area contributed by atoms with Crippen LogP contribution in [0.3, 0.4) is 0 Å². The van der Waals surface area contributed by atoms with E-state index in [-0.39, 0.29) is 22.7 Å². The fourth-order valence-corrected chi connectivity index (χ4v) is 4.79. The minimum absolute atomic E-state index is 0.129. The molecule has 0 spiro atoms. The Bertz CT molecular complexity index is 428. The van der Waals surface area contributed by atoms with Crippen LogP contribution >= 0.6 is 0 Å². The highest BCUT2D eigenvalue weighted by Gasteiger charge is 2.46. The first-order valence-corrected chi connectivity index (χ1v) is 7.78. The lowest BCUT2D eigenvalue weighted by molar-refractivity contribution is 0.0524. The summed E-state index contributed by atoms with van der Waals surface area (Å²) in [6.07, 6.45) is 4.38. The van der Waals surface area contributed by atoms with Crippen molar-refractivity contribution in [3.63, 3.8) is 0 Å². The zero-order chi connectivity index (χ0) is 12.8. The van der Waals surface area contributed by atoms with Crippen molar-refractivity contribution in [1.82, 2.24) is 0 Å². The van der Waals surface area contributed by atoms with Gasteiger partial charge in [-0.25, -0.2) is 0 Å². The largest absolute Gasteiger partial charge is 0.271 e. The van der Waals surface area contributed by atoms with Crippen LogP contribution in [0.25, 0.3) is 0 Å². The molecule has 1 aliphatic heterocycles. The number of rotatable bonds is 0. The van der Waals surface area contributed by atoms with E-state index in [1.165, 1.54) is 5.57 Å². The molecule has 3 atom stereocenters. The van der Waals surface area contributed by atoms with Gasteiger partial charge in [0.2, 0.25) is 0 Å². The number of hydrogen-bond acceptors (Lipinski definition) is 3. The second kappa shape index (κ2) is 4.09. The third-order valence-corrected chi connectivity index (χ3v) is 5.81. The lowest BCUT2D eigenvalue weighted by Crippen LogP contribution is -2.47. The van der Waals surface area contributed by atoms with Crippen molar-refractivity contribution in [3.05, 3.63) is 11.6 Å². The van der Waals surface area contributed by atoms with Crippen molar-refractivity contribution >= 4 is 10.1 Å². The monoisotopic (exact) mass is 258 g/mol. The summed E-state index contributed by atoms with van der Waals surface area (Å²) in [6.45, 7) is 8.16. The molecule has 2 rings (SSSR count). The topological polar surface area (TPSA) is 43.4 Å². The summed E-state index contributed by atoms with van der Waals surface area (Å²) in [7, 11) is -3.39. The van der Waals surface area contributed by atoms with Crippen molar-refractivity contribution in [2.45, 2.75) is 58.3 Å². The molecule has 4 heteroatoms. The van der Waals surface area contributed by atoms with Gasteiger partial charge in [0, 0.05) is 5.92 Å². The van der Waals surface area contributed by atoms with Crippen LogP contribution < -0.4 is 0 Å². The molecular formula is C13H22O3S. The summed E-state index contributed by atoms with van der Waals surface area (Å²) in [6, 6.07) is 0. The van der Waals surface area contributed by atoms with Crippen molar-refractivity contribution in [1.29, 1.82) is 0 Å². The van der Waals surface area contributed by atoms with Crippen LogP contribution in [-0.4, -0.2) is 19.8 Å². The number of allylic oxidation sites excluding steroid dienone is 2. The van der Waals surface area contributed by atoms with Crippen LogP contribution in [0.4, 0.5) is 0 Å². The van der Waals surface area contributed by atoms with E-state index in [2.05, 4.69) is 13.0 Å². The Labute approximate surface area is 104 Å². The number of fused-ring (bicyclic) bond motifs is 1. The second-order valence-corrected chi connectivity index (χ2v) is 8.13. The minimum Gasteiger partial charge on any atom is -0.266 e. The summed E-state index contributed by atoms with van der Waals surface area (Å²) in [5, 5.41) is -0.314. The highest BCUT2D eigenvalue weighted by molar-refractivity contribution is 7.87. The lowest BCUT2D eigenvalue weighted by Gasteiger charge is -2.42. The molecule has 0 unspecified atom stereocenters. The highest BCUT2D eigenvalue weighted by Crippen LogP contribution is 2.43. The van der Waals surface area contributed by atoms with Gasteiger partial charge in [-0.15, -0.1) is 0 Å². The standard InChI is InChI=1S/C13H22O3S/c1-9-6-5-7-11-10(9)8-12(13(2,3)4)16-17(11,14)15/h6,10-12H,5,7-8H2,1-4H3/t10-,11-,12+/m1/s1. The van der Waals surface area contributed by atoms with Gasteiger partial charge < -0.3 is 0 Å². The molecule has 17 heavy (non-hydrogen) atoms. The smallest absolute Gasteiger partial charge is 0.266 e. The van der Waals surface area contributed by atoms with Crippen LogP contribution in [0.15, 0.2) is 11.6 Å². The maximum absolute atomic E-state index is 12.2. The van der Waals surface area contributed by atoms with Crippen molar-refractivity contribution in [2.75, 3.05) is 0 Å².